The lowest BCUT2D eigenvalue weighted by Gasteiger charge is -2.22. The third-order valence-corrected chi connectivity index (χ3v) is 6.12. The molecule has 1 atom stereocenters. The van der Waals surface area contributed by atoms with Gasteiger partial charge in [-0.05, 0) is 35.9 Å². The van der Waals surface area contributed by atoms with Crippen molar-refractivity contribution in [2.75, 3.05) is 4.90 Å². The summed E-state index contributed by atoms with van der Waals surface area (Å²) >= 11 is 10.9. The van der Waals surface area contributed by atoms with E-state index in [1.807, 2.05) is 6.07 Å². The number of hydrogen-bond acceptors (Lipinski definition) is 5. The minimum atomic E-state index is -0.660. The van der Waals surface area contributed by atoms with Crippen LogP contribution in [0.5, 0.6) is 0 Å². The van der Waals surface area contributed by atoms with E-state index in [1.165, 1.54) is 16.2 Å². The Kier molecular flexibility index (Phi) is 4.12. The Balaban J connectivity index is 1.85. The van der Waals surface area contributed by atoms with Crippen molar-refractivity contribution in [2.45, 2.75) is 6.04 Å². The molecule has 1 aliphatic heterocycles. The molecular weight excluding hydrogens is 464 g/mol. The smallest absolute Gasteiger partial charge is 0.297 e. The number of aromatic nitrogens is 1. The second-order valence-electron chi connectivity index (χ2n) is 6.26. The highest BCUT2D eigenvalue weighted by atomic mass is 79.9. The predicted molar refractivity (Wildman–Crippen MR) is 112 cm³/mol. The van der Waals surface area contributed by atoms with Crippen LogP contribution in [0.15, 0.2) is 67.7 Å². The summed E-state index contributed by atoms with van der Waals surface area (Å²) < 4.78 is 6.65. The first-order valence-corrected chi connectivity index (χ1v) is 10.3. The van der Waals surface area contributed by atoms with Gasteiger partial charge < -0.3 is 4.42 Å². The number of halogens is 2. The molecule has 0 unspecified atom stereocenters. The highest BCUT2D eigenvalue weighted by Gasteiger charge is 2.44. The van der Waals surface area contributed by atoms with Gasteiger partial charge in [0, 0.05) is 21.1 Å². The molecule has 138 valence electrons. The number of amides is 1. The molecule has 5 nitrogen and oxygen atoms in total. The van der Waals surface area contributed by atoms with Gasteiger partial charge in [0.25, 0.3) is 5.91 Å². The van der Waals surface area contributed by atoms with Gasteiger partial charge in [0.05, 0.1) is 17.0 Å². The zero-order valence-corrected chi connectivity index (χ0v) is 17.2. The van der Waals surface area contributed by atoms with E-state index in [4.69, 9.17) is 16.0 Å². The predicted octanol–water partition coefficient (Wildman–Crippen LogP) is 5.42. The lowest BCUT2D eigenvalue weighted by atomic mass is 9.99. The number of anilines is 1. The Morgan fingerprint density at radius 2 is 2.04 bits per heavy atom. The summed E-state index contributed by atoms with van der Waals surface area (Å²) in [4.78, 5) is 32.4. The van der Waals surface area contributed by atoms with Crippen LogP contribution in [-0.2, 0) is 0 Å². The molecule has 1 amide bonds. The molecule has 2 aromatic heterocycles. The first kappa shape index (κ1) is 17.6. The number of carbonyl (C=O) groups excluding carboxylic acids is 1. The Hall–Kier alpha value is -2.48. The molecule has 0 saturated heterocycles. The van der Waals surface area contributed by atoms with Crippen molar-refractivity contribution >= 4 is 60.9 Å². The van der Waals surface area contributed by atoms with Crippen molar-refractivity contribution in [2.24, 2.45) is 0 Å². The highest BCUT2D eigenvalue weighted by molar-refractivity contribution is 9.10. The number of carbonyl (C=O) groups is 1. The number of fused-ring (bicyclic) bond motifs is 2. The van der Waals surface area contributed by atoms with Crippen molar-refractivity contribution < 1.29 is 9.21 Å². The van der Waals surface area contributed by atoms with Crippen LogP contribution in [0.4, 0.5) is 5.13 Å². The highest BCUT2D eigenvalue weighted by Crippen LogP contribution is 2.42. The van der Waals surface area contributed by atoms with Crippen LogP contribution in [0.3, 0.4) is 0 Å². The summed E-state index contributed by atoms with van der Waals surface area (Å²) in [6.45, 7) is 0. The molecule has 4 aromatic rings. The standard InChI is InChI=1S/C20H10BrClN2O3S/c21-11-4-5-14-13(9-11)17(25)15-16(10-2-1-3-12(22)8-10)24(19(26)18(15)27-14)20-23-6-7-28-20/h1-9,16H/t16-/m1/s1. The molecule has 0 radical (unpaired) electrons. The third-order valence-electron chi connectivity index (χ3n) is 4.62. The fourth-order valence-corrected chi connectivity index (χ4v) is 4.70. The van der Waals surface area contributed by atoms with E-state index in [0.717, 1.165) is 10.0 Å². The van der Waals surface area contributed by atoms with Gasteiger partial charge in [-0.25, -0.2) is 4.98 Å². The van der Waals surface area contributed by atoms with E-state index in [-0.39, 0.29) is 11.2 Å². The molecule has 28 heavy (non-hydrogen) atoms. The molecule has 2 aromatic carbocycles. The van der Waals surface area contributed by atoms with Gasteiger partial charge in [-0.3, -0.25) is 14.5 Å². The summed E-state index contributed by atoms with van der Waals surface area (Å²) in [5, 5.41) is 3.20. The topological polar surface area (TPSA) is 63.4 Å². The van der Waals surface area contributed by atoms with Crippen LogP contribution in [0.1, 0.15) is 27.7 Å². The van der Waals surface area contributed by atoms with Crippen molar-refractivity contribution in [3.8, 4) is 0 Å². The quantitative estimate of drug-likeness (QED) is 0.390. The maximum Gasteiger partial charge on any atom is 0.297 e. The van der Waals surface area contributed by atoms with Gasteiger partial charge in [-0.15, -0.1) is 11.3 Å². The summed E-state index contributed by atoms with van der Waals surface area (Å²) in [7, 11) is 0. The molecular formula is C20H10BrClN2O3S. The second-order valence-corrected chi connectivity index (χ2v) is 8.49. The van der Waals surface area contributed by atoms with Gasteiger partial charge in [0.2, 0.25) is 5.76 Å². The summed E-state index contributed by atoms with van der Waals surface area (Å²) in [5.74, 6) is -0.350. The van der Waals surface area contributed by atoms with E-state index in [1.54, 1.807) is 48.0 Å². The van der Waals surface area contributed by atoms with Gasteiger partial charge >= 0.3 is 0 Å². The summed E-state index contributed by atoms with van der Waals surface area (Å²) in [5.41, 5.74) is 1.14. The van der Waals surface area contributed by atoms with E-state index in [2.05, 4.69) is 20.9 Å². The largest absolute Gasteiger partial charge is 0.450 e. The number of thiazole rings is 1. The van der Waals surface area contributed by atoms with E-state index in [9.17, 15) is 9.59 Å². The normalized spacial score (nSPS) is 16.0. The Morgan fingerprint density at radius 1 is 1.18 bits per heavy atom. The van der Waals surface area contributed by atoms with E-state index < -0.39 is 11.9 Å². The molecule has 0 spiro atoms. The van der Waals surface area contributed by atoms with Crippen LogP contribution < -0.4 is 10.3 Å². The molecule has 1 aliphatic rings. The molecule has 5 rings (SSSR count). The first-order chi connectivity index (χ1) is 13.5. The van der Waals surface area contributed by atoms with Gasteiger partial charge in [0.1, 0.15) is 5.58 Å². The van der Waals surface area contributed by atoms with Crippen LogP contribution >= 0.6 is 38.9 Å². The Labute approximate surface area is 176 Å². The van der Waals surface area contributed by atoms with Crippen LogP contribution in [0.25, 0.3) is 11.0 Å². The van der Waals surface area contributed by atoms with Crippen molar-refractivity contribution in [1.29, 1.82) is 0 Å². The van der Waals surface area contributed by atoms with Crippen molar-refractivity contribution in [3.05, 3.63) is 90.6 Å². The van der Waals surface area contributed by atoms with Crippen molar-refractivity contribution in [1.82, 2.24) is 4.98 Å². The van der Waals surface area contributed by atoms with Crippen LogP contribution in [0.2, 0.25) is 5.02 Å². The molecule has 0 fully saturated rings. The second kappa shape index (κ2) is 6.55. The van der Waals surface area contributed by atoms with E-state index in [0.29, 0.717) is 26.7 Å². The monoisotopic (exact) mass is 472 g/mol. The molecule has 0 aliphatic carbocycles. The van der Waals surface area contributed by atoms with Gasteiger partial charge in [-0.2, -0.15) is 0 Å². The molecule has 8 heteroatoms. The minimum Gasteiger partial charge on any atom is -0.450 e. The SMILES string of the molecule is O=C1c2oc3ccc(Br)cc3c(=O)c2[C@@H](c2cccc(Cl)c2)N1c1nccs1. The Morgan fingerprint density at radius 3 is 2.79 bits per heavy atom. The molecule has 0 bridgehead atoms. The lowest BCUT2D eigenvalue weighted by molar-refractivity contribution is 0.0971. The summed E-state index contributed by atoms with van der Waals surface area (Å²) in [6, 6.07) is 11.6. The van der Waals surface area contributed by atoms with Gasteiger partial charge in [-0.1, -0.05) is 39.7 Å². The number of hydrogen-bond donors (Lipinski definition) is 0. The van der Waals surface area contributed by atoms with E-state index >= 15 is 0 Å². The maximum atomic E-state index is 13.4. The first-order valence-electron chi connectivity index (χ1n) is 8.29. The zero-order chi connectivity index (χ0) is 19.4. The third kappa shape index (κ3) is 2.62. The Bertz CT molecular complexity index is 1300. The molecule has 3 heterocycles. The van der Waals surface area contributed by atoms with Crippen LogP contribution in [-0.4, -0.2) is 10.9 Å². The average molecular weight is 474 g/mol. The van der Waals surface area contributed by atoms with Gasteiger partial charge in [0.15, 0.2) is 10.6 Å². The number of benzene rings is 2. The molecule has 0 saturated carbocycles. The lowest BCUT2D eigenvalue weighted by Crippen LogP contribution is -2.29. The fourth-order valence-electron chi connectivity index (χ4n) is 3.47. The minimum absolute atomic E-state index is 0.0417. The summed E-state index contributed by atoms with van der Waals surface area (Å²) in [6.07, 6.45) is 1.62. The fraction of sp³-hybridized carbons (Fsp3) is 0.0500. The number of nitrogens with zero attached hydrogens (tertiary/aromatic N) is 2. The zero-order valence-electron chi connectivity index (χ0n) is 14.1. The maximum absolute atomic E-state index is 13.4. The van der Waals surface area contributed by atoms with Crippen molar-refractivity contribution in [3.63, 3.8) is 0 Å². The van der Waals surface area contributed by atoms with Crippen LogP contribution in [0, 0.1) is 0 Å². The average Bonchev–Trinajstić information content (AvgIpc) is 3.29. The number of rotatable bonds is 2. The molecule has 0 N–H and O–H groups in total.